The smallest absolute Gasteiger partial charge is 0.278 e. The lowest BCUT2D eigenvalue weighted by atomic mass is 9.77. The van der Waals surface area contributed by atoms with Crippen LogP contribution >= 0.6 is 0 Å². The molecular formula is C23H25N7O2. The van der Waals surface area contributed by atoms with E-state index in [2.05, 4.69) is 25.2 Å². The highest BCUT2D eigenvalue weighted by Crippen LogP contribution is 2.42. The summed E-state index contributed by atoms with van der Waals surface area (Å²) in [6, 6.07) is 9.77. The first-order valence-corrected chi connectivity index (χ1v) is 10.6. The van der Waals surface area contributed by atoms with Gasteiger partial charge in [-0.3, -0.25) is 9.78 Å². The van der Waals surface area contributed by atoms with Gasteiger partial charge in [-0.25, -0.2) is 9.97 Å². The maximum atomic E-state index is 13.1. The number of ether oxygens (including phenoxy) is 1. The van der Waals surface area contributed by atoms with Crippen molar-refractivity contribution >= 4 is 23.1 Å². The molecule has 0 unspecified atom stereocenters. The molecule has 0 aliphatic carbocycles. The van der Waals surface area contributed by atoms with Gasteiger partial charge >= 0.3 is 0 Å². The molecule has 2 saturated heterocycles. The van der Waals surface area contributed by atoms with Crippen molar-refractivity contribution in [2.45, 2.75) is 6.42 Å². The van der Waals surface area contributed by atoms with E-state index in [-0.39, 0.29) is 16.9 Å². The van der Waals surface area contributed by atoms with E-state index in [1.807, 2.05) is 30.3 Å². The highest BCUT2D eigenvalue weighted by Gasteiger charge is 2.49. The third-order valence-electron chi connectivity index (χ3n) is 5.95. The molecule has 1 amide bonds. The van der Waals surface area contributed by atoms with Crippen molar-refractivity contribution in [3.63, 3.8) is 0 Å². The summed E-state index contributed by atoms with van der Waals surface area (Å²) in [4.78, 5) is 28.1. The molecule has 164 valence electrons. The number of amides is 1. The summed E-state index contributed by atoms with van der Waals surface area (Å²) in [5.41, 5.74) is 16.0. The molecule has 0 bridgehead atoms. The lowest BCUT2D eigenvalue weighted by Crippen LogP contribution is -2.66. The fraction of sp³-hybridized carbons (Fsp3) is 0.304. The number of carbonyl (C=O) groups excluding carboxylic acids is 1. The molecule has 2 aliphatic heterocycles. The fourth-order valence-electron chi connectivity index (χ4n) is 4.16. The largest absolute Gasteiger partial charge is 0.382 e. The van der Waals surface area contributed by atoms with Gasteiger partial charge in [0.25, 0.3) is 5.91 Å². The van der Waals surface area contributed by atoms with E-state index in [1.54, 1.807) is 18.6 Å². The zero-order valence-electron chi connectivity index (χ0n) is 17.6. The highest BCUT2D eigenvalue weighted by atomic mass is 16.5. The molecule has 9 nitrogen and oxygen atoms in total. The highest BCUT2D eigenvalue weighted by molar-refractivity contribution is 6.07. The number of pyridine rings is 1. The molecule has 9 heteroatoms. The number of aromatic nitrogens is 3. The van der Waals surface area contributed by atoms with Gasteiger partial charge < -0.3 is 26.4 Å². The van der Waals surface area contributed by atoms with Gasteiger partial charge in [0.2, 0.25) is 0 Å². The Hall–Kier alpha value is -3.56. The quantitative estimate of drug-likeness (QED) is 0.537. The molecule has 2 aromatic heterocycles. The van der Waals surface area contributed by atoms with E-state index in [0.717, 1.165) is 49.5 Å². The number of carbonyl (C=O) groups is 1. The van der Waals surface area contributed by atoms with Crippen LogP contribution in [0.1, 0.15) is 16.1 Å². The summed E-state index contributed by atoms with van der Waals surface area (Å²) in [5, 5.41) is 2.91. The maximum Gasteiger partial charge on any atom is 0.278 e. The average Bonchev–Trinajstić information content (AvgIpc) is 2.74. The zero-order chi connectivity index (χ0) is 22.1. The number of nitrogens with zero attached hydrogens (tertiary/aromatic N) is 4. The minimum absolute atomic E-state index is 0.0750. The molecular weight excluding hydrogens is 406 g/mol. The number of benzene rings is 1. The first kappa shape index (κ1) is 20.3. The van der Waals surface area contributed by atoms with Gasteiger partial charge in [-0.05, 0) is 24.6 Å². The number of hydrogen-bond acceptors (Lipinski definition) is 8. The van der Waals surface area contributed by atoms with Crippen molar-refractivity contribution in [2.24, 2.45) is 11.1 Å². The number of nitrogens with one attached hydrogen (secondary N) is 1. The normalized spacial score (nSPS) is 16.3. The van der Waals surface area contributed by atoms with Crippen molar-refractivity contribution in [1.29, 1.82) is 0 Å². The predicted molar refractivity (Wildman–Crippen MR) is 122 cm³/mol. The lowest BCUT2D eigenvalue weighted by molar-refractivity contribution is -0.126. The molecule has 32 heavy (non-hydrogen) atoms. The second kappa shape index (κ2) is 8.18. The number of rotatable bonds is 6. The monoisotopic (exact) mass is 431 g/mol. The first-order chi connectivity index (χ1) is 15.6. The van der Waals surface area contributed by atoms with Gasteiger partial charge in [0, 0.05) is 24.8 Å². The molecule has 0 atom stereocenters. The van der Waals surface area contributed by atoms with E-state index >= 15 is 0 Å². The Bertz CT molecular complexity index is 1140. The van der Waals surface area contributed by atoms with Crippen LogP contribution in [0.5, 0.6) is 0 Å². The average molecular weight is 432 g/mol. The SMILES string of the molecule is NCCc1ccc(-c2cnc(N)c(C(=O)Nc3cnccc3N3CC4(COC4)C3)n2)cc1. The Morgan fingerprint density at radius 2 is 1.94 bits per heavy atom. The van der Waals surface area contributed by atoms with E-state index in [0.29, 0.717) is 17.9 Å². The Labute approximate surface area is 185 Å². The third-order valence-corrected chi connectivity index (χ3v) is 5.95. The molecule has 0 radical (unpaired) electrons. The standard InChI is InChI=1S/C23H25N7O2/c24-7-5-15-1-3-16(4-2-15)17-10-27-21(25)20(28-17)22(31)29-18-9-26-8-6-19(18)30-11-23(12-30)13-32-14-23/h1-4,6,8-10H,5,7,11-14,24H2,(H2,25,27)(H,29,31). The molecule has 2 aliphatic rings. The second-order valence-electron chi connectivity index (χ2n) is 8.42. The number of anilines is 3. The van der Waals surface area contributed by atoms with E-state index in [1.165, 1.54) is 0 Å². The van der Waals surface area contributed by atoms with Crippen LogP contribution in [0, 0.1) is 5.41 Å². The van der Waals surface area contributed by atoms with Crippen molar-refractivity contribution in [1.82, 2.24) is 15.0 Å². The van der Waals surface area contributed by atoms with Gasteiger partial charge in [-0.1, -0.05) is 24.3 Å². The Balaban J connectivity index is 1.35. The zero-order valence-corrected chi connectivity index (χ0v) is 17.6. The second-order valence-corrected chi connectivity index (χ2v) is 8.42. The van der Waals surface area contributed by atoms with Crippen molar-refractivity contribution in [3.05, 3.63) is 60.2 Å². The van der Waals surface area contributed by atoms with Gasteiger partial charge in [0.05, 0.1) is 48.1 Å². The van der Waals surface area contributed by atoms with Gasteiger partial charge in [0.1, 0.15) is 0 Å². The van der Waals surface area contributed by atoms with Crippen LogP contribution in [0.3, 0.4) is 0 Å². The molecule has 5 N–H and O–H groups in total. The lowest BCUT2D eigenvalue weighted by Gasteiger charge is -2.56. The van der Waals surface area contributed by atoms with Crippen molar-refractivity contribution in [2.75, 3.05) is 48.8 Å². The number of nitrogen functional groups attached to an aromatic ring is 1. The summed E-state index contributed by atoms with van der Waals surface area (Å²) in [5.74, 6) is -0.348. The first-order valence-electron chi connectivity index (χ1n) is 10.6. The van der Waals surface area contributed by atoms with Gasteiger partial charge in [0.15, 0.2) is 11.5 Å². The summed E-state index contributed by atoms with van der Waals surface area (Å²) >= 11 is 0. The van der Waals surface area contributed by atoms with Crippen LogP contribution < -0.4 is 21.7 Å². The van der Waals surface area contributed by atoms with Gasteiger partial charge in [-0.15, -0.1) is 0 Å². The fourth-order valence-corrected chi connectivity index (χ4v) is 4.16. The molecule has 1 aromatic carbocycles. The molecule has 5 rings (SSSR count). The molecule has 2 fully saturated rings. The summed E-state index contributed by atoms with van der Waals surface area (Å²) in [7, 11) is 0. The van der Waals surface area contributed by atoms with Crippen molar-refractivity contribution < 1.29 is 9.53 Å². The van der Waals surface area contributed by atoms with E-state index in [9.17, 15) is 4.79 Å². The van der Waals surface area contributed by atoms with Crippen LogP contribution in [0.4, 0.5) is 17.2 Å². The van der Waals surface area contributed by atoms with Crippen LogP contribution in [-0.4, -0.2) is 53.7 Å². The van der Waals surface area contributed by atoms with Crippen LogP contribution in [-0.2, 0) is 11.2 Å². The number of nitrogens with two attached hydrogens (primary N) is 2. The van der Waals surface area contributed by atoms with Gasteiger partial charge in [-0.2, -0.15) is 0 Å². The molecule has 0 saturated carbocycles. The van der Waals surface area contributed by atoms with Crippen LogP contribution in [0.15, 0.2) is 48.9 Å². The minimum atomic E-state index is -0.423. The molecule has 4 heterocycles. The molecule has 3 aromatic rings. The maximum absolute atomic E-state index is 13.1. The topological polar surface area (TPSA) is 132 Å². The third kappa shape index (κ3) is 3.76. The van der Waals surface area contributed by atoms with Crippen molar-refractivity contribution in [3.8, 4) is 11.3 Å². The van der Waals surface area contributed by atoms with Crippen LogP contribution in [0.2, 0.25) is 0 Å². The van der Waals surface area contributed by atoms with E-state index < -0.39 is 5.91 Å². The van der Waals surface area contributed by atoms with Crippen LogP contribution in [0.25, 0.3) is 11.3 Å². The minimum Gasteiger partial charge on any atom is -0.382 e. The summed E-state index contributed by atoms with van der Waals surface area (Å²) in [6.45, 7) is 3.98. The molecule has 1 spiro atoms. The Kier molecular flexibility index (Phi) is 5.20. The summed E-state index contributed by atoms with van der Waals surface area (Å²) in [6.07, 6.45) is 5.73. The predicted octanol–water partition coefficient (Wildman–Crippen LogP) is 1.71. The summed E-state index contributed by atoms with van der Waals surface area (Å²) < 4.78 is 5.35. The Morgan fingerprint density at radius 3 is 2.62 bits per heavy atom. The number of hydrogen-bond donors (Lipinski definition) is 3. The Morgan fingerprint density at radius 1 is 1.16 bits per heavy atom. The van der Waals surface area contributed by atoms with E-state index in [4.69, 9.17) is 16.2 Å².